The first-order valence-electron chi connectivity index (χ1n) is 22.4. The average molecular weight is 828 g/mol. The summed E-state index contributed by atoms with van der Waals surface area (Å²) in [5.74, 6) is -0.371. The smallest absolute Gasteiger partial charge is 0.457 e. The Bertz CT molecular complexity index is 1250. The minimum absolute atomic E-state index is 0.0861. The number of phosphoric ester groups is 1. The summed E-state index contributed by atoms with van der Waals surface area (Å²) < 4.78 is 33.4. The molecule has 0 spiro atoms. The van der Waals surface area contributed by atoms with Crippen LogP contribution in [0, 0.1) is 0 Å². The molecular formula is C49H82NO7P. The Morgan fingerprint density at radius 2 is 0.966 bits per heavy atom. The summed E-state index contributed by atoms with van der Waals surface area (Å²) in [6.45, 7) is 4.64. The molecule has 0 aromatic carbocycles. The number of rotatable bonds is 41. The molecule has 0 aliphatic carbocycles. The number of carbonyl (C=O) groups excluding carboxylic acids is 1. The van der Waals surface area contributed by atoms with Gasteiger partial charge in [0.15, 0.2) is 0 Å². The number of hydrogen-bond donors (Lipinski definition) is 2. The molecule has 0 aliphatic heterocycles. The molecule has 0 amide bonds. The number of phosphoric acid groups is 1. The Morgan fingerprint density at radius 3 is 1.45 bits per heavy atom. The van der Waals surface area contributed by atoms with Gasteiger partial charge in [-0.3, -0.25) is 13.8 Å². The molecule has 330 valence electrons. The molecule has 8 nitrogen and oxygen atoms in total. The van der Waals surface area contributed by atoms with Crippen LogP contribution < -0.4 is 5.73 Å². The van der Waals surface area contributed by atoms with Crippen LogP contribution in [0.1, 0.15) is 155 Å². The van der Waals surface area contributed by atoms with Crippen LogP contribution in [0.3, 0.4) is 0 Å². The fourth-order valence-corrected chi connectivity index (χ4v) is 6.19. The molecule has 3 N–H and O–H groups in total. The van der Waals surface area contributed by atoms with E-state index in [4.69, 9.17) is 24.3 Å². The maximum Gasteiger partial charge on any atom is 0.472 e. The second-order valence-corrected chi connectivity index (χ2v) is 15.6. The van der Waals surface area contributed by atoms with Crippen molar-refractivity contribution in [2.24, 2.45) is 5.73 Å². The highest BCUT2D eigenvalue weighted by atomic mass is 31.2. The number of allylic oxidation sites excluding steroid dienone is 18. The second kappa shape index (κ2) is 45.2. The monoisotopic (exact) mass is 828 g/mol. The number of hydrogen-bond acceptors (Lipinski definition) is 7. The van der Waals surface area contributed by atoms with E-state index in [1.165, 1.54) is 25.7 Å². The number of carbonyl (C=O) groups is 1. The molecular weight excluding hydrogens is 746 g/mol. The van der Waals surface area contributed by atoms with Crippen molar-refractivity contribution >= 4 is 13.8 Å². The molecule has 0 aromatic heterocycles. The van der Waals surface area contributed by atoms with Crippen LogP contribution >= 0.6 is 7.82 Å². The van der Waals surface area contributed by atoms with E-state index in [9.17, 15) is 14.3 Å². The predicted molar refractivity (Wildman–Crippen MR) is 247 cm³/mol. The van der Waals surface area contributed by atoms with Gasteiger partial charge in [0.05, 0.1) is 19.8 Å². The lowest BCUT2D eigenvalue weighted by molar-refractivity contribution is -0.154. The lowest BCUT2D eigenvalue weighted by atomic mass is 10.1. The quantitative estimate of drug-likeness (QED) is 0.0271. The van der Waals surface area contributed by atoms with E-state index >= 15 is 0 Å². The first-order valence-corrected chi connectivity index (χ1v) is 23.9. The van der Waals surface area contributed by atoms with Gasteiger partial charge in [-0.1, -0.05) is 162 Å². The third-order valence-corrected chi connectivity index (χ3v) is 9.64. The molecule has 2 unspecified atom stereocenters. The summed E-state index contributed by atoms with van der Waals surface area (Å²) in [5, 5.41) is 0. The summed E-state index contributed by atoms with van der Waals surface area (Å²) in [6, 6.07) is 0. The lowest BCUT2D eigenvalue weighted by Gasteiger charge is -2.20. The van der Waals surface area contributed by atoms with Gasteiger partial charge in [0, 0.05) is 19.6 Å². The topological polar surface area (TPSA) is 117 Å². The highest BCUT2D eigenvalue weighted by molar-refractivity contribution is 7.47. The summed E-state index contributed by atoms with van der Waals surface area (Å²) >= 11 is 0. The Balaban J connectivity index is 4.14. The minimum atomic E-state index is -4.30. The summed E-state index contributed by atoms with van der Waals surface area (Å²) in [6.07, 6.45) is 61.1. The van der Waals surface area contributed by atoms with E-state index in [-0.39, 0.29) is 38.8 Å². The Hall–Kier alpha value is -2.84. The lowest BCUT2D eigenvalue weighted by Crippen LogP contribution is -2.28. The third kappa shape index (κ3) is 44.3. The van der Waals surface area contributed by atoms with Crippen molar-refractivity contribution < 1.29 is 32.8 Å². The molecule has 9 heteroatoms. The zero-order valence-corrected chi connectivity index (χ0v) is 37.4. The average Bonchev–Trinajstić information content (AvgIpc) is 3.21. The second-order valence-electron chi connectivity index (χ2n) is 14.2. The molecule has 0 saturated carbocycles. The molecule has 0 aromatic rings. The maximum absolute atomic E-state index is 12.6. The Labute approximate surface area is 354 Å². The molecule has 0 fully saturated rings. The molecule has 0 heterocycles. The SMILES string of the molecule is CC/C=C\C/C=C\C/C=C\C/C=C\C/C=C\C/C=C\C/C=C\CCCCCC(=O)OC(COCCCCCCCC/C=C\C/C=C\CCC)COP(=O)(O)OCCN. The molecule has 58 heavy (non-hydrogen) atoms. The van der Waals surface area contributed by atoms with Crippen LogP contribution in [0.25, 0.3) is 0 Å². The molecule has 2 atom stereocenters. The summed E-state index contributed by atoms with van der Waals surface area (Å²) in [4.78, 5) is 22.5. The van der Waals surface area contributed by atoms with Crippen LogP contribution in [-0.2, 0) is 27.9 Å². The number of unbranched alkanes of at least 4 members (excludes halogenated alkanes) is 10. The van der Waals surface area contributed by atoms with Gasteiger partial charge in [0.1, 0.15) is 6.10 Å². The van der Waals surface area contributed by atoms with E-state index in [0.717, 1.165) is 103 Å². The van der Waals surface area contributed by atoms with E-state index in [1.54, 1.807) is 0 Å². The van der Waals surface area contributed by atoms with Gasteiger partial charge in [-0.05, 0) is 96.3 Å². The van der Waals surface area contributed by atoms with Gasteiger partial charge in [0.2, 0.25) is 0 Å². The van der Waals surface area contributed by atoms with Crippen LogP contribution in [0.4, 0.5) is 0 Å². The van der Waals surface area contributed by atoms with Crippen LogP contribution in [-0.4, -0.2) is 49.9 Å². The summed E-state index contributed by atoms with van der Waals surface area (Å²) in [5.41, 5.74) is 5.37. The normalized spacial score (nSPS) is 14.5. The first kappa shape index (κ1) is 55.2. The molecule has 0 bridgehead atoms. The van der Waals surface area contributed by atoms with Gasteiger partial charge in [-0.15, -0.1) is 0 Å². The highest BCUT2D eigenvalue weighted by Gasteiger charge is 2.25. The van der Waals surface area contributed by atoms with Crippen molar-refractivity contribution in [2.75, 3.05) is 33.0 Å². The van der Waals surface area contributed by atoms with Gasteiger partial charge in [-0.25, -0.2) is 4.57 Å². The molecule has 0 saturated heterocycles. The van der Waals surface area contributed by atoms with Crippen molar-refractivity contribution in [3.63, 3.8) is 0 Å². The molecule has 0 radical (unpaired) electrons. The minimum Gasteiger partial charge on any atom is -0.457 e. The van der Waals surface area contributed by atoms with E-state index in [2.05, 4.69) is 123 Å². The standard InChI is InChI=1S/C49H82NO7P/c1-3-5-7-9-11-13-15-17-19-20-21-22-23-24-25-26-27-28-29-30-32-34-36-38-40-42-49(51)57-48(47-56-58(52,53)55-45-43-50)46-54-44-41-39-37-35-33-31-18-16-14-12-10-8-6-4-2/h5,7-8,10-11,13-14,16-17,19,21-22,24-25,27-28,30,32,48H,3-4,6,9,12,15,18,20,23,26,29,31,33-47,50H2,1-2H3,(H,52,53)/b7-5-,10-8-,13-11-,16-14-,19-17-,22-21-,25-24-,28-27-,32-30-. The van der Waals surface area contributed by atoms with Crippen molar-refractivity contribution in [3.05, 3.63) is 109 Å². The molecule has 0 aliphatic rings. The highest BCUT2D eigenvalue weighted by Crippen LogP contribution is 2.43. The van der Waals surface area contributed by atoms with E-state index < -0.39 is 13.9 Å². The van der Waals surface area contributed by atoms with Crippen LogP contribution in [0.5, 0.6) is 0 Å². The van der Waals surface area contributed by atoms with Gasteiger partial charge >= 0.3 is 13.8 Å². The molecule has 0 rings (SSSR count). The predicted octanol–water partition coefficient (Wildman–Crippen LogP) is 13.6. The fourth-order valence-electron chi connectivity index (χ4n) is 5.42. The van der Waals surface area contributed by atoms with E-state index in [1.807, 2.05) is 0 Å². The van der Waals surface area contributed by atoms with Crippen molar-refractivity contribution in [3.8, 4) is 0 Å². The van der Waals surface area contributed by atoms with Gasteiger partial charge < -0.3 is 20.1 Å². The van der Waals surface area contributed by atoms with Crippen molar-refractivity contribution in [1.29, 1.82) is 0 Å². The van der Waals surface area contributed by atoms with Crippen LogP contribution in [0.15, 0.2) is 109 Å². The maximum atomic E-state index is 12.6. The van der Waals surface area contributed by atoms with Crippen molar-refractivity contribution in [1.82, 2.24) is 0 Å². The van der Waals surface area contributed by atoms with Gasteiger partial charge in [-0.2, -0.15) is 0 Å². The zero-order valence-electron chi connectivity index (χ0n) is 36.5. The van der Waals surface area contributed by atoms with Crippen LogP contribution in [0.2, 0.25) is 0 Å². The van der Waals surface area contributed by atoms with Gasteiger partial charge in [0.25, 0.3) is 0 Å². The zero-order chi connectivity index (χ0) is 42.3. The number of esters is 1. The van der Waals surface area contributed by atoms with E-state index in [0.29, 0.717) is 13.0 Å². The Kier molecular flexibility index (Phi) is 43.0. The number of nitrogens with two attached hydrogens (primary N) is 1. The third-order valence-electron chi connectivity index (χ3n) is 8.66. The van der Waals surface area contributed by atoms with Crippen molar-refractivity contribution in [2.45, 2.75) is 161 Å². The fraction of sp³-hybridized carbons (Fsp3) is 0.612. The Morgan fingerprint density at radius 1 is 0.534 bits per heavy atom. The number of ether oxygens (including phenoxy) is 2. The largest absolute Gasteiger partial charge is 0.472 e. The summed E-state index contributed by atoms with van der Waals surface area (Å²) in [7, 11) is -4.30. The first-order chi connectivity index (χ1) is 28.4.